The fourth-order valence-corrected chi connectivity index (χ4v) is 2.09. The molecular formula is C17H15N5O6. The van der Waals surface area contributed by atoms with Crippen LogP contribution in [0.3, 0.4) is 0 Å². The summed E-state index contributed by atoms with van der Waals surface area (Å²) in [7, 11) is 0. The molecule has 0 aliphatic heterocycles. The lowest BCUT2D eigenvalue weighted by atomic mass is 10.2. The number of nitro benzene ring substituents is 2. The van der Waals surface area contributed by atoms with Gasteiger partial charge in [0.15, 0.2) is 0 Å². The van der Waals surface area contributed by atoms with Crippen LogP contribution in [0.1, 0.15) is 29.3 Å². The molecule has 0 saturated carbocycles. The van der Waals surface area contributed by atoms with E-state index in [1.807, 2.05) is 0 Å². The third-order valence-electron chi connectivity index (χ3n) is 3.54. The molecule has 0 spiro atoms. The number of benzene rings is 2. The van der Waals surface area contributed by atoms with Gasteiger partial charge in [-0.05, 0) is 30.3 Å². The molecule has 0 aliphatic rings. The summed E-state index contributed by atoms with van der Waals surface area (Å²) in [5.41, 5.74) is 2.05. The highest BCUT2D eigenvalue weighted by Gasteiger charge is 2.18. The Hall–Kier alpha value is -4.15. The van der Waals surface area contributed by atoms with Crippen molar-refractivity contribution < 1.29 is 19.4 Å². The first-order chi connectivity index (χ1) is 13.3. The molecule has 0 atom stereocenters. The lowest BCUT2D eigenvalue weighted by Crippen LogP contribution is -2.18. The van der Waals surface area contributed by atoms with Crippen molar-refractivity contribution in [3.63, 3.8) is 0 Å². The van der Waals surface area contributed by atoms with Crippen LogP contribution in [0.5, 0.6) is 0 Å². The van der Waals surface area contributed by atoms with E-state index in [1.165, 1.54) is 12.1 Å². The molecule has 0 aromatic heterocycles. The molecule has 11 heteroatoms. The topological polar surface area (TPSA) is 157 Å². The third kappa shape index (κ3) is 5.17. The quantitative estimate of drug-likeness (QED) is 0.424. The third-order valence-corrected chi connectivity index (χ3v) is 3.54. The summed E-state index contributed by atoms with van der Waals surface area (Å²) in [5.74, 6) is -0.735. The highest BCUT2D eigenvalue weighted by Crippen LogP contribution is 2.23. The Labute approximate surface area is 158 Å². The van der Waals surface area contributed by atoms with Crippen molar-refractivity contribution in [1.82, 2.24) is 5.43 Å². The molecule has 28 heavy (non-hydrogen) atoms. The van der Waals surface area contributed by atoms with Gasteiger partial charge in [-0.2, -0.15) is 5.10 Å². The highest BCUT2D eigenvalue weighted by atomic mass is 16.6. The Morgan fingerprint density at radius 1 is 1.07 bits per heavy atom. The van der Waals surface area contributed by atoms with Crippen molar-refractivity contribution in [2.75, 3.05) is 5.32 Å². The van der Waals surface area contributed by atoms with E-state index < -0.39 is 27.1 Å². The lowest BCUT2D eigenvalue weighted by molar-refractivity contribution is -0.394. The molecular weight excluding hydrogens is 370 g/mol. The summed E-state index contributed by atoms with van der Waals surface area (Å²) in [4.78, 5) is 43.6. The van der Waals surface area contributed by atoms with E-state index in [9.17, 15) is 29.8 Å². The van der Waals surface area contributed by atoms with Gasteiger partial charge < -0.3 is 5.32 Å². The van der Waals surface area contributed by atoms with Crippen molar-refractivity contribution in [2.24, 2.45) is 5.10 Å². The average molecular weight is 385 g/mol. The number of nitrogens with one attached hydrogen (secondary N) is 2. The lowest BCUT2D eigenvalue weighted by Gasteiger charge is -2.04. The van der Waals surface area contributed by atoms with Crippen LogP contribution in [0.15, 0.2) is 47.6 Å². The maximum absolute atomic E-state index is 12.1. The number of amides is 2. The van der Waals surface area contributed by atoms with Crippen molar-refractivity contribution >= 4 is 35.1 Å². The van der Waals surface area contributed by atoms with E-state index in [2.05, 4.69) is 15.8 Å². The van der Waals surface area contributed by atoms with Crippen LogP contribution in [-0.2, 0) is 4.79 Å². The van der Waals surface area contributed by atoms with Gasteiger partial charge in [-0.15, -0.1) is 0 Å². The van der Waals surface area contributed by atoms with E-state index in [0.717, 1.165) is 24.4 Å². The molecule has 11 nitrogen and oxygen atoms in total. The minimum Gasteiger partial charge on any atom is -0.326 e. The Balaban J connectivity index is 2.08. The molecule has 0 unspecified atom stereocenters. The van der Waals surface area contributed by atoms with Crippen LogP contribution in [0.4, 0.5) is 17.1 Å². The summed E-state index contributed by atoms with van der Waals surface area (Å²) < 4.78 is 0. The van der Waals surface area contributed by atoms with Crippen LogP contribution in [0.25, 0.3) is 0 Å². The van der Waals surface area contributed by atoms with Gasteiger partial charge in [0.25, 0.3) is 17.3 Å². The number of rotatable bonds is 7. The van der Waals surface area contributed by atoms with Crippen LogP contribution in [0.2, 0.25) is 0 Å². The highest BCUT2D eigenvalue weighted by molar-refractivity contribution is 5.96. The average Bonchev–Trinajstić information content (AvgIpc) is 2.68. The Morgan fingerprint density at radius 3 is 2.32 bits per heavy atom. The summed E-state index contributed by atoms with van der Waals surface area (Å²) in [5, 5.41) is 28.1. The predicted molar refractivity (Wildman–Crippen MR) is 100 cm³/mol. The van der Waals surface area contributed by atoms with Crippen molar-refractivity contribution in [2.45, 2.75) is 13.3 Å². The van der Waals surface area contributed by atoms with Gasteiger partial charge in [0.1, 0.15) is 0 Å². The van der Waals surface area contributed by atoms with Gasteiger partial charge in [0.05, 0.1) is 27.7 Å². The number of carbonyl (C=O) groups is 2. The van der Waals surface area contributed by atoms with Gasteiger partial charge in [-0.3, -0.25) is 29.8 Å². The van der Waals surface area contributed by atoms with E-state index in [0.29, 0.717) is 12.1 Å². The second-order valence-electron chi connectivity index (χ2n) is 5.44. The number of nitrogens with zero attached hydrogens (tertiary/aromatic N) is 3. The fourth-order valence-electron chi connectivity index (χ4n) is 2.09. The Kier molecular flexibility index (Phi) is 6.47. The number of carbonyl (C=O) groups excluding carboxylic acids is 2. The number of hydrazone groups is 1. The molecule has 0 heterocycles. The molecule has 0 radical (unpaired) electrons. The zero-order valence-electron chi connectivity index (χ0n) is 14.6. The Morgan fingerprint density at radius 2 is 1.75 bits per heavy atom. The smallest absolute Gasteiger partial charge is 0.285 e. The van der Waals surface area contributed by atoms with Crippen molar-refractivity contribution in [3.05, 3.63) is 73.8 Å². The Bertz CT molecular complexity index is 955. The van der Waals surface area contributed by atoms with E-state index in [4.69, 9.17) is 0 Å². The first-order valence-corrected chi connectivity index (χ1v) is 7.98. The van der Waals surface area contributed by atoms with Crippen LogP contribution in [0, 0.1) is 20.2 Å². The van der Waals surface area contributed by atoms with Crippen LogP contribution in [-0.4, -0.2) is 27.9 Å². The van der Waals surface area contributed by atoms with Crippen molar-refractivity contribution in [3.8, 4) is 0 Å². The van der Waals surface area contributed by atoms with Gasteiger partial charge >= 0.3 is 0 Å². The molecule has 0 bridgehead atoms. The summed E-state index contributed by atoms with van der Waals surface area (Å²) >= 11 is 0. The standard InChI is InChI=1S/C17H15N5O6/c1-2-16(23)19-13-6-3-11(4-7-13)17(24)20-18-10-12-5-8-14(21(25)26)9-15(12)22(27)28/h3-10H,2H2,1H3,(H,19,23)(H,20,24)/b18-10-. The minimum atomic E-state index is -0.778. The molecule has 2 aromatic rings. The first kappa shape index (κ1) is 20.2. The number of non-ortho nitro benzene ring substituents is 1. The van der Waals surface area contributed by atoms with Gasteiger partial charge in [0, 0.05) is 23.7 Å². The summed E-state index contributed by atoms with van der Waals surface area (Å²) in [6.07, 6.45) is 1.35. The molecule has 2 rings (SSSR count). The van der Waals surface area contributed by atoms with E-state index in [-0.39, 0.29) is 17.0 Å². The molecule has 2 amide bonds. The molecule has 0 saturated heterocycles. The SMILES string of the molecule is CCC(=O)Nc1ccc(C(=O)N/N=C\c2ccc([N+](=O)[O-])cc2[N+](=O)[O-])cc1. The maximum atomic E-state index is 12.1. The predicted octanol–water partition coefficient (Wildman–Crippen LogP) is 2.62. The first-order valence-electron chi connectivity index (χ1n) is 7.98. The fraction of sp³-hybridized carbons (Fsp3) is 0.118. The second-order valence-corrected chi connectivity index (χ2v) is 5.44. The molecule has 2 aromatic carbocycles. The van der Waals surface area contributed by atoms with Crippen molar-refractivity contribution in [1.29, 1.82) is 0 Å². The summed E-state index contributed by atoms with van der Waals surface area (Å²) in [6, 6.07) is 9.12. The molecule has 2 N–H and O–H groups in total. The number of nitro groups is 2. The zero-order chi connectivity index (χ0) is 20.7. The summed E-state index contributed by atoms with van der Waals surface area (Å²) in [6.45, 7) is 1.71. The largest absolute Gasteiger partial charge is 0.326 e. The van der Waals surface area contributed by atoms with E-state index in [1.54, 1.807) is 19.1 Å². The normalized spacial score (nSPS) is 10.5. The van der Waals surface area contributed by atoms with E-state index >= 15 is 0 Å². The molecule has 144 valence electrons. The molecule has 0 fully saturated rings. The minimum absolute atomic E-state index is 0.00599. The number of anilines is 1. The van der Waals surface area contributed by atoms with Crippen LogP contribution < -0.4 is 10.7 Å². The number of hydrogen-bond donors (Lipinski definition) is 2. The van der Waals surface area contributed by atoms with Gasteiger partial charge in [-0.1, -0.05) is 6.92 Å². The zero-order valence-corrected chi connectivity index (χ0v) is 14.6. The van der Waals surface area contributed by atoms with Gasteiger partial charge in [-0.25, -0.2) is 5.43 Å². The molecule has 0 aliphatic carbocycles. The maximum Gasteiger partial charge on any atom is 0.285 e. The number of hydrogen-bond acceptors (Lipinski definition) is 7. The van der Waals surface area contributed by atoms with Crippen LogP contribution >= 0.6 is 0 Å². The van der Waals surface area contributed by atoms with Gasteiger partial charge in [0.2, 0.25) is 5.91 Å². The second kappa shape index (κ2) is 8.98. The monoisotopic (exact) mass is 385 g/mol.